The van der Waals surface area contributed by atoms with E-state index in [-0.39, 0.29) is 6.10 Å². The maximum Gasteiger partial charge on any atom is 0.325 e. The summed E-state index contributed by atoms with van der Waals surface area (Å²) < 4.78 is 5.54. The van der Waals surface area contributed by atoms with E-state index in [1.54, 1.807) is 0 Å². The molecule has 2 aliphatic heterocycles. The molecule has 5 nitrogen and oxygen atoms in total. The fourth-order valence-electron chi connectivity index (χ4n) is 2.79. The molecule has 0 aromatic rings. The Morgan fingerprint density at radius 2 is 2.39 bits per heavy atom. The third-order valence-electron chi connectivity index (χ3n) is 4.13. The Balaban J connectivity index is 1.93. The average Bonchev–Trinajstić information content (AvgIpc) is 2.97. The highest BCUT2D eigenvalue weighted by molar-refractivity contribution is 5.79. The minimum atomic E-state index is -0.782. The van der Waals surface area contributed by atoms with Crippen molar-refractivity contribution in [1.82, 2.24) is 10.2 Å². The number of ether oxygens (including phenoxy) is 1. The van der Waals surface area contributed by atoms with E-state index in [1.807, 2.05) is 0 Å². The van der Waals surface area contributed by atoms with Crippen LogP contribution in [0.2, 0.25) is 0 Å². The van der Waals surface area contributed by atoms with Gasteiger partial charge in [0.05, 0.1) is 6.10 Å². The van der Waals surface area contributed by atoms with Gasteiger partial charge >= 0.3 is 5.97 Å². The summed E-state index contributed by atoms with van der Waals surface area (Å²) >= 11 is 0. The summed E-state index contributed by atoms with van der Waals surface area (Å²) in [4.78, 5) is 13.8. The van der Waals surface area contributed by atoms with Gasteiger partial charge in [-0.15, -0.1) is 0 Å². The zero-order chi connectivity index (χ0) is 13.2. The van der Waals surface area contributed by atoms with Crippen LogP contribution in [0.25, 0.3) is 0 Å². The molecule has 5 heteroatoms. The molecule has 2 rings (SSSR count). The highest BCUT2D eigenvalue weighted by atomic mass is 16.5. The second-order valence-corrected chi connectivity index (χ2v) is 5.72. The minimum Gasteiger partial charge on any atom is -0.480 e. The smallest absolute Gasteiger partial charge is 0.325 e. The van der Waals surface area contributed by atoms with E-state index < -0.39 is 11.5 Å². The molecule has 18 heavy (non-hydrogen) atoms. The molecular formula is C13H24N2O3. The Labute approximate surface area is 108 Å². The van der Waals surface area contributed by atoms with Crippen LogP contribution in [0.1, 0.15) is 33.1 Å². The van der Waals surface area contributed by atoms with Crippen molar-refractivity contribution < 1.29 is 14.6 Å². The number of carbonyl (C=O) groups is 1. The van der Waals surface area contributed by atoms with Crippen molar-refractivity contribution in [3.8, 4) is 0 Å². The molecular weight excluding hydrogens is 232 g/mol. The van der Waals surface area contributed by atoms with Crippen molar-refractivity contribution in [3.05, 3.63) is 0 Å². The van der Waals surface area contributed by atoms with E-state index in [9.17, 15) is 9.90 Å². The Hall–Kier alpha value is -0.650. The van der Waals surface area contributed by atoms with Gasteiger partial charge in [-0.05, 0) is 33.1 Å². The van der Waals surface area contributed by atoms with Gasteiger partial charge in [-0.2, -0.15) is 0 Å². The number of likely N-dealkylation sites (tertiary alicyclic amines) is 1. The highest BCUT2D eigenvalue weighted by Crippen LogP contribution is 2.24. The summed E-state index contributed by atoms with van der Waals surface area (Å²) in [6.07, 6.45) is 2.99. The Bertz CT molecular complexity index is 303. The largest absolute Gasteiger partial charge is 0.480 e. The monoisotopic (exact) mass is 256 g/mol. The van der Waals surface area contributed by atoms with Gasteiger partial charge in [0.25, 0.3) is 0 Å². The van der Waals surface area contributed by atoms with Gasteiger partial charge in [-0.25, -0.2) is 0 Å². The molecule has 0 aromatic carbocycles. The van der Waals surface area contributed by atoms with Gasteiger partial charge in [-0.1, -0.05) is 0 Å². The SMILES string of the molecule is CC(C)N1CCC(NCC2CCCO2)(C(=O)O)C1. The molecule has 2 heterocycles. The first kappa shape index (κ1) is 13.8. The normalized spacial score (nSPS) is 33.4. The molecule has 2 aliphatic rings. The molecule has 104 valence electrons. The Morgan fingerprint density at radius 1 is 1.61 bits per heavy atom. The topological polar surface area (TPSA) is 61.8 Å². The van der Waals surface area contributed by atoms with E-state index in [2.05, 4.69) is 24.1 Å². The number of aliphatic carboxylic acids is 1. The van der Waals surface area contributed by atoms with Crippen LogP contribution in [-0.2, 0) is 9.53 Å². The number of carboxylic acid groups (broad SMARTS) is 1. The number of hydrogen-bond acceptors (Lipinski definition) is 4. The summed E-state index contributed by atoms with van der Waals surface area (Å²) in [6, 6.07) is 0.399. The zero-order valence-electron chi connectivity index (χ0n) is 11.3. The van der Waals surface area contributed by atoms with Crippen molar-refractivity contribution in [2.45, 2.75) is 50.8 Å². The second-order valence-electron chi connectivity index (χ2n) is 5.72. The molecule has 2 saturated heterocycles. The maximum atomic E-state index is 11.6. The molecule has 0 amide bonds. The number of nitrogens with zero attached hydrogens (tertiary/aromatic N) is 1. The predicted molar refractivity (Wildman–Crippen MR) is 68.7 cm³/mol. The quantitative estimate of drug-likeness (QED) is 0.758. The lowest BCUT2D eigenvalue weighted by molar-refractivity contribution is -0.144. The predicted octanol–water partition coefficient (Wildman–Crippen LogP) is 0.693. The van der Waals surface area contributed by atoms with Gasteiger partial charge < -0.3 is 9.84 Å². The van der Waals surface area contributed by atoms with Gasteiger partial charge in [0, 0.05) is 32.3 Å². The lowest BCUT2D eigenvalue weighted by atomic mass is 9.98. The summed E-state index contributed by atoms with van der Waals surface area (Å²) in [5.74, 6) is -0.733. The first-order chi connectivity index (χ1) is 8.53. The fraction of sp³-hybridized carbons (Fsp3) is 0.923. The van der Waals surface area contributed by atoms with E-state index in [4.69, 9.17) is 4.74 Å². The van der Waals surface area contributed by atoms with Crippen LogP contribution in [0.3, 0.4) is 0 Å². The third kappa shape index (κ3) is 2.84. The molecule has 0 aliphatic carbocycles. The summed E-state index contributed by atoms with van der Waals surface area (Å²) in [7, 11) is 0. The van der Waals surface area contributed by atoms with Crippen molar-refractivity contribution in [2.75, 3.05) is 26.2 Å². The van der Waals surface area contributed by atoms with E-state index in [1.165, 1.54) is 0 Å². The zero-order valence-corrected chi connectivity index (χ0v) is 11.3. The summed E-state index contributed by atoms with van der Waals surface area (Å²) in [5, 5.41) is 12.8. The third-order valence-corrected chi connectivity index (χ3v) is 4.13. The van der Waals surface area contributed by atoms with Crippen LogP contribution in [0.5, 0.6) is 0 Å². The first-order valence-corrected chi connectivity index (χ1v) is 6.87. The van der Waals surface area contributed by atoms with Crippen LogP contribution in [0.4, 0.5) is 0 Å². The Kier molecular flexibility index (Phi) is 4.25. The van der Waals surface area contributed by atoms with E-state index >= 15 is 0 Å². The van der Waals surface area contributed by atoms with Crippen LogP contribution < -0.4 is 5.32 Å². The maximum absolute atomic E-state index is 11.6. The molecule has 0 radical (unpaired) electrons. The number of rotatable bonds is 5. The lowest BCUT2D eigenvalue weighted by Crippen LogP contribution is -2.56. The van der Waals surface area contributed by atoms with Gasteiger partial charge in [0.15, 0.2) is 0 Å². The second kappa shape index (κ2) is 5.55. The van der Waals surface area contributed by atoms with Crippen molar-refractivity contribution >= 4 is 5.97 Å². The van der Waals surface area contributed by atoms with E-state index in [0.717, 1.165) is 26.0 Å². The van der Waals surface area contributed by atoms with Crippen molar-refractivity contribution in [1.29, 1.82) is 0 Å². The van der Waals surface area contributed by atoms with Crippen LogP contribution in [-0.4, -0.2) is 59.9 Å². The standard InChI is InChI=1S/C13H24N2O3/c1-10(2)15-6-5-13(9-15,12(16)17)14-8-11-4-3-7-18-11/h10-11,14H,3-9H2,1-2H3,(H,16,17). The molecule has 0 bridgehead atoms. The first-order valence-electron chi connectivity index (χ1n) is 6.87. The number of carboxylic acids is 1. The molecule has 0 spiro atoms. The van der Waals surface area contributed by atoms with Crippen molar-refractivity contribution in [2.24, 2.45) is 0 Å². The number of nitrogens with one attached hydrogen (secondary N) is 1. The number of hydrogen-bond donors (Lipinski definition) is 2. The molecule has 2 atom stereocenters. The van der Waals surface area contributed by atoms with E-state index in [0.29, 0.717) is 25.6 Å². The van der Waals surface area contributed by atoms with Gasteiger partial charge in [-0.3, -0.25) is 15.0 Å². The molecule has 2 fully saturated rings. The Morgan fingerprint density at radius 3 is 2.89 bits per heavy atom. The summed E-state index contributed by atoms with van der Waals surface area (Å²) in [6.45, 7) is 7.12. The molecule has 0 aromatic heterocycles. The molecule has 2 N–H and O–H groups in total. The molecule has 2 unspecified atom stereocenters. The van der Waals surface area contributed by atoms with Crippen LogP contribution in [0.15, 0.2) is 0 Å². The average molecular weight is 256 g/mol. The fourth-order valence-corrected chi connectivity index (χ4v) is 2.79. The van der Waals surface area contributed by atoms with Crippen LogP contribution in [0, 0.1) is 0 Å². The van der Waals surface area contributed by atoms with Gasteiger partial charge in [0.2, 0.25) is 0 Å². The summed E-state index contributed by atoms with van der Waals surface area (Å²) in [5.41, 5.74) is -0.782. The van der Waals surface area contributed by atoms with Crippen LogP contribution >= 0.6 is 0 Å². The van der Waals surface area contributed by atoms with Gasteiger partial charge in [0.1, 0.15) is 5.54 Å². The minimum absolute atomic E-state index is 0.189. The lowest BCUT2D eigenvalue weighted by Gasteiger charge is -2.28. The highest BCUT2D eigenvalue weighted by Gasteiger charge is 2.45. The van der Waals surface area contributed by atoms with Crippen molar-refractivity contribution in [3.63, 3.8) is 0 Å². The molecule has 0 saturated carbocycles.